The third kappa shape index (κ3) is 3.60. The Bertz CT molecular complexity index is 615. The molecule has 3 aliphatic rings. The zero-order chi connectivity index (χ0) is 17.2. The summed E-state index contributed by atoms with van der Waals surface area (Å²) in [5.74, 6) is 0.754. The van der Waals surface area contributed by atoms with Gasteiger partial charge >= 0.3 is 0 Å². The van der Waals surface area contributed by atoms with Crippen LogP contribution in [0.5, 0.6) is 5.75 Å². The number of hydrogen-bond donors (Lipinski definition) is 3. The largest absolute Gasteiger partial charge is 0.506 e. The number of amides is 1. The Morgan fingerprint density at radius 3 is 2.64 bits per heavy atom. The lowest BCUT2D eigenvalue weighted by Crippen LogP contribution is -2.65. The fraction of sp³-hybridized carbons (Fsp3) is 0.632. The molecular weight excluding hydrogens is 316 g/mol. The van der Waals surface area contributed by atoms with Gasteiger partial charge in [0.05, 0.1) is 17.8 Å². The van der Waals surface area contributed by atoms with E-state index in [4.69, 9.17) is 0 Å². The molecule has 6 heteroatoms. The summed E-state index contributed by atoms with van der Waals surface area (Å²) in [6, 6.07) is 7.88. The topological polar surface area (TPSA) is 67.8 Å². The Kier molecular flexibility index (Phi) is 4.81. The Balaban J connectivity index is 1.30. The first-order chi connectivity index (χ1) is 12.2. The Morgan fingerprint density at radius 2 is 1.84 bits per heavy atom. The number of para-hydroxylation sites is 2. The third-order valence-electron chi connectivity index (χ3n) is 5.87. The molecule has 0 bridgehead atoms. The number of benzene rings is 1. The van der Waals surface area contributed by atoms with Crippen molar-refractivity contribution in [2.24, 2.45) is 5.92 Å². The molecule has 1 amide bonds. The highest BCUT2D eigenvalue weighted by Gasteiger charge is 2.37. The molecule has 3 N–H and O–H groups in total. The first kappa shape index (κ1) is 16.7. The van der Waals surface area contributed by atoms with E-state index < -0.39 is 0 Å². The van der Waals surface area contributed by atoms with Crippen LogP contribution in [-0.4, -0.2) is 60.8 Å². The molecule has 1 aliphatic carbocycles. The average molecular weight is 344 g/mol. The summed E-state index contributed by atoms with van der Waals surface area (Å²) in [6.07, 6.45) is 4.61. The molecular formula is C19H28N4O2. The second-order valence-corrected chi connectivity index (χ2v) is 7.50. The second kappa shape index (κ2) is 7.22. The standard InChI is InChI=1S/C19H28N4O2/c24-17-8-4-3-7-16(17)23-11-9-22(10-12-23)13-18-20-15-6-2-1-5-14(15)19(25)21-18/h3-4,7-8,14-15,18,20,24H,1-2,5-6,9-13H2,(H,21,25). The summed E-state index contributed by atoms with van der Waals surface area (Å²) in [6.45, 7) is 4.52. The predicted molar refractivity (Wildman–Crippen MR) is 97.6 cm³/mol. The maximum Gasteiger partial charge on any atom is 0.225 e. The predicted octanol–water partition coefficient (Wildman–Crippen LogP) is 1.12. The number of phenolic OH excluding ortho intramolecular Hbond substituents is 1. The highest BCUT2D eigenvalue weighted by molar-refractivity contribution is 5.80. The fourth-order valence-electron chi connectivity index (χ4n) is 4.48. The Hall–Kier alpha value is -1.79. The number of aromatic hydroxyl groups is 1. The summed E-state index contributed by atoms with van der Waals surface area (Å²) in [5.41, 5.74) is 0.913. The molecule has 0 aromatic heterocycles. The van der Waals surface area contributed by atoms with Crippen LogP contribution in [0, 0.1) is 5.92 Å². The van der Waals surface area contributed by atoms with Crippen LogP contribution >= 0.6 is 0 Å². The number of anilines is 1. The van der Waals surface area contributed by atoms with Gasteiger partial charge in [0.15, 0.2) is 0 Å². The van der Waals surface area contributed by atoms with Crippen LogP contribution in [0.1, 0.15) is 25.7 Å². The van der Waals surface area contributed by atoms with Crippen molar-refractivity contribution in [2.75, 3.05) is 37.6 Å². The van der Waals surface area contributed by atoms with Crippen LogP contribution in [0.25, 0.3) is 0 Å². The zero-order valence-corrected chi connectivity index (χ0v) is 14.7. The van der Waals surface area contributed by atoms with E-state index in [0.29, 0.717) is 11.8 Å². The highest BCUT2D eigenvalue weighted by Crippen LogP contribution is 2.28. The van der Waals surface area contributed by atoms with Crippen LogP contribution in [0.4, 0.5) is 5.69 Å². The first-order valence-corrected chi connectivity index (χ1v) is 9.52. The van der Waals surface area contributed by atoms with Gasteiger partial charge in [-0.1, -0.05) is 25.0 Å². The zero-order valence-electron chi connectivity index (χ0n) is 14.7. The summed E-state index contributed by atoms with van der Waals surface area (Å²) in [4.78, 5) is 17.0. The molecule has 4 rings (SSSR count). The van der Waals surface area contributed by atoms with E-state index in [9.17, 15) is 9.90 Å². The van der Waals surface area contributed by atoms with Gasteiger partial charge in [-0.15, -0.1) is 0 Å². The van der Waals surface area contributed by atoms with E-state index in [0.717, 1.165) is 51.3 Å². The monoisotopic (exact) mass is 344 g/mol. The van der Waals surface area contributed by atoms with Crippen molar-refractivity contribution >= 4 is 11.6 Å². The maximum absolute atomic E-state index is 12.3. The van der Waals surface area contributed by atoms with E-state index in [2.05, 4.69) is 20.4 Å². The molecule has 0 radical (unpaired) electrons. The molecule has 1 aromatic carbocycles. The number of carbonyl (C=O) groups excluding carboxylic acids is 1. The average Bonchev–Trinajstić information content (AvgIpc) is 2.63. The van der Waals surface area contributed by atoms with Crippen molar-refractivity contribution in [3.05, 3.63) is 24.3 Å². The molecule has 1 aromatic rings. The third-order valence-corrected chi connectivity index (χ3v) is 5.87. The molecule has 3 atom stereocenters. The van der Waals surface area contributed by atoms with Crippen LogP contribution in [0.3, 0.4) is 0 Å². The number of phenols is 1. The normalized spacial score (nSPS) is 30.6. The molecule has 2 heterocycles. The van der Waals surface area contributed by atoms with Crippen LogP contribution in [0.2, 0.25) is 0 Å². The van der Waals surface area contributed by atoms with Gasteiger partial charge in [-0.2, -0.15) is 0 Å². The molecule has 6 nitrogen and oxygen atoms in total. The second-order valence-electron chi connectivity index (χ2n) is 7.50. The van der Waals surface area contributed by atoms with Crippen LogP contribution in [-0.2, 0) is 4.79 Å². The number of piperazine rings is 1. The van der Waals surface area contributed by atoms with Gasteiger partial charge < -0.3 is 15.3 Å². The number of carbonyl (C=O) groups is 1. The summed E-state index contributed by atoms with van der Waals surface area (Å²) < 4.78 is 0. The number of rotatable bonds is 3. The molecule has 2 aliphatic heterocycles. The molecule has 3 fully saturated rings. The van der Waals surface area contributed by atoms with Gasteiger partial charge in [-0.05, 0) is 25.0 Å². The lowest BCUT2D eigenvalue weighted by atomic mass is 9.82. The van der Waals surface area contributed by atoms with E-state index >= 15 is 0 Å². The van der Waals surface area contributed by atoms with E-state index in [1.54, 1.807) is 6.07 Å². The van der Waals surface area contributed by atoms with Crippen molar-refractivity contribution < 1.29 is 9.90 Å². The summed E-state index contributed by atoms with van der Waals surface area (Å²) >= 11 is 0. The minimum absolute atomic E-state index is 0.0588. The van der Waals surface area contributed by atoms with Crippen molar-refractivity contribution in [1.29, 1.82) is 0 Å². The van der Waals surface area contributed by atoms with Gasteiger partial charge in [-0.3, -0.25) is 15.0 Å². The Morgan fingerprint density at radius 1 is 1.08 bits per heavy atom. The highest BCUT2D eigenvalue weighted by atomic mass is 16.3. The number of nitrogens with zero attached hydrogens (tertiary/aromatic N) is 2. The molecule has 25 heavy (non-hydrogen) atoms. The van der Waals surface area contributed by atoms with Gasteiger partial charge in [0.1, 0.15) is 5.75 Å². The minimum Gasteiger partial charge on any atom is -0.506 e. The fourth-order valence-corrected chi connectivity index (χ4v) is 4.48. The quantitative estimate of drug-likeness (QED) is 0.767. The smallest absolute Gasteiger partial charge is 0.225 e. The molecule has 1 saturated carbocycles. The van der Waals surface area contributed by atoms with Crippen LogP contribution in [0.15, 0.2) is 24.3 Å². The van der Waals surface area contributed by atoms with Gasteiger partial charge in [0, 0.05) is 38.8 Å². The molecule has 3 unspecified atom stereocenters. The Labute approximate surface area is 149 Å². The van der Waals surface area contributed by atoms with Gasteiger partial charge in [0.2, 0.25) is 5.91 Å². The first-order valence-electron chi connectivity index (χ1n) is 9.52. The lowest BCUT2D eigenvalue weighted by molar-refractivity contribution is -0.131. The number of nitrogens with one attached hydrogen (secondary N) is 2. The summed E-state index contributed by atoms with van der Waals surface area (Å²) in [7, 11) is 0. The minimum atomic E-state index is 0.0588. The maximum atomic E-state index is 12.3. The number of fused-ring (bicyclic) bond motifs is 1. The summed E-state index contributed by atoms with van der Waals surface area (Å²) in [5, 5.41) is 16.8. The van der Waals surface area contributed by atoms with Gasteiger partial charge in [0.25, 0.3) is 0 Å². The van der Waals surface area contributed by atoms with E-state index in [1.807, 2.05) is 18.2 Å². The van der Waals surface area contributed by atoms with Crippen LogP contribution < -0.4 is 15.5 Å². The number of hydrogen-bond acceptors (Lipinski definition) is 5. The van der Waals surface area contributed by atoms with E-state index in [-0.39, 0.29) is 18.0 Å². The van der Waals surface area contributed by atoms with Crippen molar-refractivity contribution in [3.63, 3.8) is 0 Å². The van der Waals surface area contributed by atoms with E-state index in [1.165, 1.54) is 12.8 Å². The molecule has 2 saturated heterocycles. The molecule has 136 valence electrons. The van der Waals surface area contributed by atoms with Crippen molar-refractivity contribution in [3.8, 4) is 5.75 Å². The lowest BCUT2D eigenvalue weighted by Gasteiger charge is -2.43. The van der Waals surface area contributed by atoms with Gasteiger partial charge in [-0.25, -0.2) is 0 Å². The SMILES string of the molecule is O=C1NC(CN2CCN(c3ccccc3O)CC2)NC2CCCCC12. The van der Waals surface area contributed by atoms with Crippen molar-refractivity contribution in [1.82, 2.24) is 15.5 Å². The van der Waals surface area contributed by atoms with Crippen molar-refractivity contribution in [2.45, 2.75) is 37.9 Å². The molecule has 0 spiro atoms.